The number of hydrogen-bond donors (Lipinski definition) is 0. The van der Waals surface area contributed by atoms with E-state index in [1.807, 2.05) is 0 Å². The zero-order valence-electron chi connectivity index (χ0n) is 36.7. The van der Waals surface area contributed by atoms with Crippen LogP contribution in [-0.2, 0) is 34.5 Å². The number of alkyl halides is 3. The number of methoxy groups -OCH3 is 1. The molecular weight excluding hydrogens is 710 g/mol. The fourth-order valence-corrected chi connectivity index (χ4v) is 6.80. The minimum atomic E-state index is -4.55. The molecule has 1 aliphatic heterocycles. The molecule has 12 heteroatoms. The zero-order valence-corrected chi connectivity index (χ0v) is 29.6. The van der Waals surface area contributed by atoms with E-state index in [4.69, 9.17) is 13.0 Å². The topological polar surface area (TPSA) is 54.8 Å². The van der Waals surface area contributed by atoms with Crippen molar-refractivity contribution < 1.29 is 42.4 Å². The van der Waals surface area contributed by atoms with Crippen molar-refractivity contribution in [1.82, 2.24) is 14.4 Å². The van der Waals surface area contributed by atoms with E-state index in [-0.39, 0.29) is 35.7 Å². The molecule has 0 radical (unpaired) electrons. The number of likely N-dealkylation sites (tertiary alicyclic amines) is 1. The highest BCUT2D eigenvalue weighted by atomic mass is 32.2. The van der Waals surface area contributed by atoms with Gasteiger partial charge in [-0.25, -0.2) is 8.78 Å². The first-order valence-electron chi connectivity index (χ1n) is 20.7. The predicted octanol–water partition coefficient (Wildman–Crippen LogP) is 8.71. The van der Waals surface area contributed by atoms with Crippen LogP contribution in [0.2, 0.25) is 0 Å². The van der Waals surface area contributed by atoms with E-state index in [0.717, 1.165) is 39.8 Å². The lowest BCUT2D eigenvalue weighted by molar-refractivity contribution is -0.137. The van der Waals surface area contributed by atoms with Crippen LogP contribution < -0.4 is 5.43 Å². The van der Waals surface area contributed by atoms with Gasteiger partial charge in [-0.3, -0.25) is 9.59 Å². The lowest BCUT2D eigenvalue weighted by Crippen LogP contribution is -2.48. The normalized spacial score (nSPS) is 16.9. The molecule has 1 amide bonds. The number of carbonyl (C=O) groups excluding carboxylic acids is 1. The van der Waals surface area contributed by atoms with Crippen molar-refractivity contribution in [3.63, 3.8) is 0 Å². The number of piperidine rings is 1. The van der Waals surface area contributed by atoms with E-state index < -0.39 is 105 Å². The van der Waals surface area contributed by atoms with Gasteiger partial charge in [0.15, 0.2) is 17.1 Å². The number of fused-ring (bicyclic) bond motifs is 1. The van der Waals surface area contributed by atoms with Gasteiger partial charge in [0.1, 0.15) is 6.54 Å². The van der Waals surface area contributed by atoms with Crippen LogP contribution in [0.5, 0.6) is 0 Å². The Morgan fingerprint density at radius 3 is 2.34 bits per heavy atom. The summed E-state index contributed by atoms with van der Waals surface area (Å²) in [6, 6.07) is 9.60. The maximum absolute atomic E-state index is 15.1. The second-order valence-electron chi connectivity index (χ2n) is 12.5. The van der Waals surface area contributed by atoms with E-state index >= 15 is 4.39 Å². The Kier molecular flexibility index (Phi) is 9.09. The minimum absolute atomic E-state index is 0.0181. The molecular formula is C41H40F5N3O3S. The van der Waals surface area contributed by atoms with Crippen molar-refractivity contribution in [1.29, 1.82) is 0 Å². The summed E-state index contributed by atoms with van der Waals surface area (Å²) in [4.78, 5) is 31.9. The highest BCUT2D eigenvalue weighted by molar-refractivity contribution is 7.98. The Labute approximate surface area is 320 Å². The summed E-state index contributed by atoms with van der Waals surface area (Å²) in [5, 5.41) is -1.13. The van der Waals surface area contributed by atoms with E-state index in [0.29, 0.717) is 37.4 Å². The molecule has 1 fully saturated rings. The van der Waals surface area contributed by atoms with E-state index in [9.17, 15) is 29.9 Å². The molecule has 6 rings (SSSR count). The average Bonchev–Trinajstić information content (AvgIpc) is 3.22. The van der Waals surface area contributed by atoms with Crippen molar-refractivity contribution >= 4 is 28.6 Å². The van der Waals surface area contributed by atoms with Crippen LogP contribution in [0.4, 0.5) is 22.0 Å². The number of thioether (sulfide) groups is 1. The third-order valence-corrected chi connectivity index (χ3v) is 9.70. The first-order valence-corrected chi connectivity index (χ1v) is 17.5. The molecule has 1 aromatic heterocycles. The summed E-state index contributed by atoms with van der Waals surface area (Å²) in [6.07, 6.45) is -4.00. The average molecular weight is 758 g/mol. The van der Waals surface area contributed by atoms with Crippen molar-refractivity contribution in [2.24, 2.45) is 0 Å². The number of ether oxygens (including phenoxy) is 1. The molecule has 0 spiro atoms. The molecule has 4 aromatic carbocycles. The number of nitrogens with zero attached hydrogens (tertiary/aromatic N) is 3. The molecule has 0 bridgehead atoms. The van der Waals surface area contributed by atoms with Crippen LogP contribution in [0.3, 0.4) is 0 Å². The van der Waals surface area contributed by atoms with Crippen LogP contribution in [-0.4, -0.2) is 59.7 Å². The van der Waals surface area contributed by atoms with Gasteiger partial charge >= 0.3 is 6.18 Å². The fraction of sp³-hybridized carbons (Fsp3) is 0.317. The van der Waals surface area contributed by atoms with Crippen LogP contribution in [0.1, 0.15) is 46.1 Å². The third-order valence-electron chi connectivity index (χ3n) is 8.87. The predicted molar refractivity (Wildman–Crippen MR) is 198 cm³/mol. The number of hydrogen-bond acceptors (Lipinski definition) is 5. The molecule has 278 valence electrons. The van der Waals surface area contributed by atoms with Gasteiger partial charge in [-0.05, 0) is 66.7 Å². The third kappa shape index (κ3) is 9.17. The number of halogens is 5. The lowest BCUT2D eigenvalue weighted by Gasteiger charge is -2.39. The fourth-order valence-electron chi connectivity index (χ4n) is 6.02. The van der Waals surface area contributed by atoms with E-state index in [1.165, 1.54) is 43.3 Å². The van der Waals surface area contributed by atoms with Crippen molar-refractivity contribution in [2.45, 2.75) is 55.8 Å². The smallest absolute Gasteiger partial charge is 0.383 e. The number of amides is 1. The number of aromatic nitrogens is 1. The van der Waals surface area contributed by atoms with Crippen LogP contribution >= 0.6 is 11.8 Å². The molecule has 0 aliphatic carbocycles. The second kappa shape index (κ2) is 16.7. The Hall–Kier alpha value is -4.52. The summed E-state index contributed by atoms with van der Waals surface area (Å²) in [6.45, 7) is -0.384. The second-order valence-corrected chi connectivity index (χ2v) is 13.3. The van der Waals surface area contributed by atoms with Gasteiger partial charge in [0.05, 0.1) is 30.9 Å². The number of pyridine rings is 1. The minimum Gasteiger partial charge on any atom is -0.383 e. The Balaban J connectivity index is 1.48. The Morgan fingerprint density at radius 2 is 1.68 bits per heavy atom. The molecule has 1 saturated heterocycles. The van der Waals surface area contributed by atoms with Crippen LogP contribution in [0.25, 0.3) is 22.0 Å². The highest BCUT2D eigenvalue weighted by Crippen LogP contribution is 2.32. The Morgan fingerprint density at radius 1 is 1.00 bits per heavy atom. The van der Waals surface area contributed by atoms with Crippen LogP contribution in [0.15, 0.2) is 101 Å². The number of rotatable bonds is 12. The molecule has 0 saturated carbocycles. The molecule has 53 heavy (non-hydrogen) atoms. The largest absolute Gasteiger partial charge is 0.416 e. The SMILES string of the molecule is [2H]c1c(C)c([2H])c2c(=O)c([2H])c(SC([2H])([2H])c3cccc(F)c3F)n(CC(=O)N(C3CCN(CCOC)CC3)C([2H])([2H])c3ccc(-c4ccc(C(F)(F)F)cc4)cc3)c2c1[2H]. The monoisotopic (exact) mass is 757 g/mol. The van der Waals surface area contributed by atoms with E-state index in [2.05, 4.69) is 4.90 Å². The first-order chi connectivity index (χ1) is 28.6. The van der Waals surface area contributed by atoms with Gasteiger partial charge in [0.2, 0.25) is 5.91 Å². The molecule has 0 N–H and O–H groups in total. The molecule has 0 unspecified atom stereocenters. The highest BCUT2D eigenvalue weighted by Gasteiger charge is 2.31. The summed E-state index contributed by atoms with van der Waals surface area (Å²) < 4.78 is 147. The van der Waals surface area contributed by atoms with Gasteiger partial charge in [-0.2, -0.15) is 13.2 Å². The summed E-state index contributed by atoms with van der Waals surface area (Å²) >= 11 is 0.0823. The van der Waals surface area contributed by atoms with Crippen LogP contribution in [0, 0.1) is 18.6 Å². The van der Waals surface area contributed by atoms with Gasteiger partial charge in [-0.1, -0.05) is 60.1 Å². The quantitative estimate of drug-likeness (QED) is 0.0942. The lowest BCUT2D eigenvalue weighted by atomic mass is 10.00. The van der Waals surface area contributed by atoms with Crippen molar-refractivity contribution in [3.8, 4) is 11.1 Å². The van der Waals surface area contributed by atoms with Gasteiger partial charge in [0.25, 0.3) is 0 Å². The molecule has 6 nitrogen and oxygen atoms in total. The molecule has 1 aliphatic rings. The standard InChI is InChI=1S/C41H40F5N3O3S/c1-27-6-15-36-34(22-27)37(50)23-39(53-26-31-4-3-5-35(42)40(31)43)49(36)25-38(51)48(33-16-18-47(19-17-33)20-21-52-2)24-28-7-9-29(10-8-28)30-11-13-32(14-12-30)41(44,45)46/h3-15,22-23,33H,16-21,24-26H2,1-2H3/i6D,15D,22D,23D,24D2,26D2. The van der Waals surface area contributed by atoms with Gasteiger partial charge in [-0.15, -0.1) is 11.8 Å². The Bertz CT molecular complexity index is 2520. The number of benzene rings is 4. The summed E-state index contributed by atoms with van der Waals surface area (Å²) in [5.41, 5.74) is -5.39. The van der Waals surface area contributed by atoms with Crippen molar-refractivity contribution in [3.05, 3.63) is 135 Å². The molecule has 2 heterocycles. The van der Waals surface area contributed by atoms with E-state index in [1.54, 1.807) is 7.11 Å². The first kappa shape index (κ1) is 28.9. The van der Waals surface area contributed by atoms with Gasteiger partial charge in [0, 0.05) is 64.7 Å². The van der Waals surface area contributed by atoms with Crippen molar-refractivity contribution in [2.75, 3.05) is 33.4 Å². The summed E-state index contributed by atoms with van der Waals surface area (Å²) in [5.74, 6) is -3.88. The maximum atomic E-state index is 15.1. The molecule has 5 aromatic rings. The number of carbonyl (C=O) groups is 1. The maximum Gasteiger partial charge on any atom is 0.416 e. The summed E-state index contributed by atoms with van der Waals surface area (Å²) in [7, 11) is 1.55. The van der Waals surface area contributed by atoms with Gasteiger partial charge < -0.3 is 19.1 Å². The molecule has 0 atom stereocenters. The zero-order chi connectivity index (χ0) is 44.8.